The number of rotatable bonds is 0. The van der Waals surface area contributed by atoms with Crippen molar-refractivity contribution in [1.29, 1.82) is 0 Å². The second-order valence-corrected chi connectivity index (χ2v) is 24.2. The molecule has 3 fully saturated rings. The molecule has 0 aromatic heterocycles. The van der Waals surface area contributed by atoms with Crippen LogP contribution in [0.25, 0.3) is 16.4 Å². The molecule has 0 radical (unpaired) electrons. The van der Waals surface area contributed by atoms with Gasteiger partial charge in [-0.2, -0.15) is 28.2 Å². The van der Waals surface area contributed by atoms with E-state index >= 15 is 0 Å². The average Bonchev–Trinajstić information content (AvgIpc) is 3.70. The Labute approximate surface area is 358 Å². The van der Waals surface area contributed by atoms with Gasteiger partial charge in [-0.05, 0) is 0 Å². The maximum Gasteiger partial charge on any atom is -0.162 e. The zero-order chi connectivity index (χ0) is 38.4. The zero-order valence-corrected chi connectivity index (χ0v) is 45.7. The third-order valence-corrected chi connectivity index (χ3v) is 11.1. The standard InChI is InChI=1S/3C5H10.C4H10N.3C4H9N.2C2H6N.3CH3.3ClH.3Nb/c3*1-2-4-5-3-1;4*1-4(2,3)5;2*1-3-2;;;;;;;;;/h3*1-5H2;5H,1-3H3;3*1-3H3;2*1-2H3;3*1H3;3*1H;;;/q;;;-1;;;;5*-1;;;;;+1;+2/p-3. The Balaban J connectivity index is -0.0000000543. The van der Waals surface area contributed by atoms with Crippen molar-refractivity contribution in [3.63, 3.8) is 0 Å². The van der Waals surface area contributed by atoms with Crippen LogP contribution in [-0.4, -0.2) is 50.3 Å². The van der Waals surface area contributed by atoms with Gasteiger partial charge < -0.3 is 38.6 Å². The summed E-state index contributed by atoms with van der Waals surface area (Å²) < 4.78 is 12.4. The molecule has 0 heterocycles. The summed E-state index contributed by atoms with van der Waals surface area (Å²) >= 11 is -1.24. The van der Waals surface area contributed by atoms with E-state index in [2.05, 4.69) is 62.2 Å². The summed E-state index contributed by atoms with van der Waals surface area (Å²) in [6.07, 6.45) is 22.5. The van der Waals surface area contributed by atoms with Crippen LogP contribution in [0.1, 0.15) is 179 Å². The predicted octanol–water partition coefficient (Wildman–Crippen LogP) is 16.9. The minimum Gasteiger partial charge on any atom is -0.668 e. The summed E-state index contributed by atoms with van der Waals surface area (Å²) in [4.78, 5) is 0. The van der Waals surface area contributed by atoms with E-state index in [9.17, 15) is 0 Å². The molecule has 0 aromatic rings. The van der Waals surface area contributed by atoms with Gasteiger partial charge in [0, 0.05) is 0 Å². The maximum absolute atomic E-state index is 6.94. The third-order valence-electron chi connectivity index (χ3n) is 4.76. The smallest absolute Gasteiger partial charge is 0.162 e. The molecule has 3 rings (SSSR count). The SMILES string of the molecule is C1CCCC1.C1CCCC1.C1CCCC1.CC(C)(C)[NH-].CC(C)(C)[N]=[Nb].CC(C)(C)[N]=[Nb]([Cl])[Cl].CC(C)(C)[N]=[Nb][Cl].C[N-]C.C[N-]C.[CH3-].[CH3-].[CH3-]. The van der Waals surface area contributed by atoms with Crippen molar-refractivity contribution in [1.82, 2.24) is 0 Å². The van der Waals surface area contributed by atoms with Gasteiger partial charge in [0.15, 0.2) is 0 Å². The summed E-state index contributed by atoms with van der Waals surface area (Å²) in [6.45, 7) is 24.0. The van der Waals surface area contributed by atoms with Gasteiger partial charge in [0.05, 0.1) is 0 Å². The van der Waals surface area contributed by atoms with Gasteiger partial charge in [-0.15, -0.1) is 5.54 Å². The fraction of sp³-hybridized carbons (Fsp3) is 0.921. The molecule has 1 N–H and O–H groups in total. The summed E-state index contributed by atoms with van der Waals surface area (Å²) in [6, 6.07) is 0. The first-order valence-electron chi connectivity index (χ1n) is 17.3. The van der Waals surface area contributed by atoms with Gasteiger partial charge >= 0.3 is 172 Å². The quantitative estimate of drug-likeness (QED) is 0.171. The van der Waals surface area contributed by atoms with E-state index in [0.717, 1.165) is 0 Å². The number of nitrogens with zero attached hydrogens (tertiary/aromatic N) is 5. The molecule has 0 atom stereocenters. The molecule has 0 spiro atoms. The fourth-order valence-corrected chi connectivity index (χ4v) is 8.69. The monoisotopic (exact) mass is 1010 g/mol. The Hall–Kier alpha value is 2.37. The van der Waals surface area contributed by atoms with Gasteiger partial charge in [-0.1, -0.05) is 117 Å². The molecule has 312 valence electrons. The van der Waals surface area contributed by atoms with E-state index in [-0.39, 0.29) is 44.4 Å². The molecule has 50 heavy (non-hydrogen) atoms. The topological polar surface area (TPSA) is 89.1 Å². The number of halogens is 3. The molecule has 3 aliphatic rings. The number of hydrogen-bond acceptors (Lipinski definition) is 3. The summed E-state index contributed by atoms with van der Waals surface area (Å²) in [5, 5.41) is 7.00. The van der Waals surface area contributed by atoms with E-state index in [1.165, 1.54) is 117 Å². The van der Waals surface area contributed by atoms with Crippen LogP contribution < -0.4 is 0 Å². The molecule has 0 amide bonds. The van der Waals surface area contributed by atoms with Crippen LogP contribution in [0, 0.1) is 22.3 Å². The fourth-order valence-electron chi connectivity index (χ4n) is 2.99. The second kappa shape index (κ2) is 51.4. The Morgan fingerprint density at radius 3 is 0.700 bits per heavy atom. The van der Waals surface area contributed by atoms with Gasteiger partial charge in [0.2, 0.25) is 0 Å². The Morgan fingerprint density at radius 2 is 0.680 bits per heavy atom. The normalized spacial score (nSPS) is 14.1. The summed E-state index contributed by atoms with van der Waals surface area (Å²) in [5.41, 5.74) is 6.95. The van der Waals surface area contributed by atoms with Crippen LogP contribution in [0.15, 0.2) is 10.0 Å². The summed E-state index contributed by atoms with van der Waals surface area (Å²) in [7, 11) is 23.6. The van der Waals surface area contributed by atoms with Crippen LogP contribution in [0.5, 0.6) is 0 Å². The van der Waals surface area contributed by atoms with Crippen molar-refractivity contribution in [3.8, 4) is 0 Å². The Kier molecular flexibility index (Phi) is 75.5. The van der Waals surface area contributed by atoms with Crippen molar-refractivity contribution in [2.45, 2.75) is 202 Å². The minimum absolute atomic E-state index is 0. The van der Waals surface area contributed by atoms with E-state index in [1.807, 2.05) is 41.5 Å². The van der Waals surface area contributed by atoms with Crippen LogP contribution in [-0.2, 0) is 55.5 Å². The van der Waals surface area contributed by atoms with E-state index < -0.39 is 34.6 Å². The van der Waals surface area contributed by atoms with Crippen LogP contribution in [0.4, 0.5) is 0 Å². The molecule has 3 saturated carbocycles. The van der Waals surface area contributed by atoms with Crippen LogP contribution in [0.3, 0.4) is 0 Å². The van der Waals surface area contributed by atoms with Gasteiger partial charge in [-0.3, -0.25) is 0 Å². The van der Waals surface area contributed by atoms with E-state index in [1.54, 1.807) is 28.2 Å². The van der Waals surface area contributed by atoms with Crippen molar-refractivity contribution >= 4 is 27.6 Å². The second-order valence-electron chi connectivity index (χ2n) is 15.6. The van der Waals surface area contributed by atoms with Gasteiger partial charge in [0.25, 0.3) is 0 Å². The third kappa shape index (κ3) is 142. The summed E-state index contributed by atoms with van der Waals surface area (Å²) in [5.74, 6) is 0. The first-order chi connectivity index (χ1) is 21.4. The molecule has 3 aliphatic carbocycles. The predicted molar refractivity (Wildman–Crippen MR) is 227 cm³/mol. The van der Waals surface area contributed by atoms with Gasteiger partial charge in [-0.25, -0.2) is 0 Å². The number of hydrogen-bond donors (Lipinski definition) is 0. The molecule has 0 aliphatic heterocycles. The largest absolute Gasteiger partial charge is 0.668 e. The van der Waals surface area contributed by atoms with Crippen LogP contribution >= 0.6 is 27.6 Å². The molecule has 0 bridgehead atoms. The van der Waals surface area contributed by atoms with Gasteiger partial charge in [0.1, 0.15) is 0 Å². The first-order valence-corrected chi connectivity index (χ1v) is 28.8. The molecular weight excluding hydrogens is 926 g/mol. The van der Waals surface area contributed by atoms with Crippen molar-refractivity contribution in [3.05, 3.63) is 38.6 Å². The minimum atomic E-state index is -2.09. The van der Waals surface area contributed by atoms with E-state index in [0.29, 0.717) is 0 Å². The average molecular weight is 1010 g/mol. The zero-order valence-electron chi connectivity index (χ0n) is 36.8. The Morgan fingerprint density at radius 1 is 0.520 bits per heavy atom. The van der Waals surface area contributed by atoms with Crippen LogP contribution in [0.2, 0.25) is 0 Å². The first kappa shape index (κ1) is 73.5. The number of nitrogens with one attached hydrogen (secondary N) is 1. The molecule has 0 unspecified atom stereocenters. The van der Waals surface area contributed by atoms with Crippen molar-refractivity contribution < 1.29 is 55.5 Å². The van der Waals surface area contributed by atoms with Crippen molar-refractivity contribution in [2.75, 3.05) is 28.2 Å². The van der Waals surface area contributed by atoms with Crippen molar-refractivity contribution in [2.24, 2.45) is 10.0 Å². The molecule has 0 saturated heterocycles. The maximum atomic E-state index is 6.94. The Bertz CT molecular complexity index is 602. The molecule has 0 aromatic carbocycles. The van der Waals surface area contributed by atoms with E-state index in [4.69, 9.17) is 33.3 Å². The molecular formula is C38H88Cl3N6Nb3-6. The molecule has 6 nitrogen and oxygen atoms in total. The molecule has 12 heteroatoms.